The van der Waals surface area contributed by atoms with Crippen molar-refractivity contribution in [3.8, 4) is 0 Å². The molecule has 1 aromatic heterocycles. The van der Waals surface area contributed by atoms with Crippen molar-refractivity contribution in [3.05, 3.63) is 94.9 Å². The van der Waals surface area contributed by atoms with E-state index < -0.39 is 53.5 Å². The van der Waals surface area contributed by atoms with Gasteiger partial charge in [-0.1, -0.05) is 30.3 Å². The highest BCUT2D eigenvalue weighted by Crippen LogP contribution is 2.36. The molecule has 1 unspecified atom stereocenters. The molecular formula is C28H26F6N2O4. The fourth-order valence-corrected chi connectivity index (χ4v) is 4.40. The van der Waals surface area contributed by atoms with Gasteiger partial charge >= 0.3 is 12.4 Å². The largest absolute Gasteiger partial charge is 0.467 e. The zero-order valence-corrected chi connectivity index (χ0v) is 21.2. The summed E-state index contributed by atoms with van der Waals surface area (Å²) in [5.74, 6) is -1.26. The Balaban J connectivity index is 1.65. The molecule has 2 heterocycles. The minimum atomic E-state index is -5.12. The predicted molar refractivity (Wildman–Crippen MR) is 131 cm³/mol. The van der Waals surface area contributed by atoms with Gasteiger partial charge in [-0.2, -0.15) is 26.3 Å². The molecule has 1 fully saturated rings. The maximum absolute atomic E-state index is 13.5. The smallest absolute Gasteiger partial charge is 0.416 e. The minimum Gasteiger partial charge on any atom is -0.467 e. The van der Waals surface area contributed by atoms with Gasteiger partial charge in [0.15, 0.2) is 0 Å². The molecule has 12 heteroatoms. The first-order valence-electron chi connectivity index (χ1n) is 12.4. The van der Waals surface area contributed by atoms with Gasteiger partial charge in [-0.15, -0.1) is 0 Å². The van der Waals surface area contributed by atoms with Crippen LogP contribution in [0.15, 0.2) is 71.3 Å². The van der Waals surface area contributed by atoms with Gasteiger partial charge in [0.2, 0.25) is 5.91 Å². The first-order valence-corrected chi connectivity index (χ1v) is 12.4. The standard InChI is InChI=1S/C28H26F6N2O4/c29-27(30,31)21-12-20(13-22(14-21)28(32,33)34)26(38)36(17-24-9-5-11-40-24)18-25(37)35(16-23-8-4-10-39-23)15-19-6-2-1-3-7-19/h1-4,6-8,10,12-14,24H,5,9,11,15-18H2. The summed E-state index contributed by atoms with van der Waals surface area (Å²) in [6, 6.07) is 12.9. The molecular weight excluding hydrogens is 542 g/mol. The number of hydrogen-bond acceptors (Lipinski definition) is 4. The summed E-state index contributed by atoms with van der Waals surface area (Å²) < 4.78 is 91.6. The summed E-state index contributed by atoms with van der Waals surface area (Å²) in [6.07, 6.45) is -8.14. The van der Waals surface area contributed by atoms with Crippen molar-refractivity contribution in [2.75, 3.05) is 19.7 Å². The van der Waals surface area contributed by atoms with E-state index in [9.17, 15) is 35.9 Å². The number of alkyl halides is 6. The monoisotopic (exact) mass is 568 g/mol. The van der Waals surface area contributed by atoms with E-state index >= 15 is 0 Å². The van der Waals surface area contributed by atoms with E-state index in [2.05, 4.69) is 0 Å². The zero-order chi connectivity index (χ0) is 28.9. The highest BCUT2D eigenvalue weighted by molar-refractivity contribution is 5.97. The second kappa shape index (κ2) is 12.2. The Hall–Kier alpha value is -3.80. The van der Waals surface area contributed by atoms with E-state index in [1.807, 2.05) is 0 Å². The topological polar surface area (TPSA) is 63.0 Å². The van der Waals surface area contributed by atoms with Gasteiger partial charge < -0.3 is 19.0 Å². The number of ether oxygens (including phenoxy) is 1. The molecule has 2 aromatic carbocycles. The summed E-state index contributed by atoms with van der Waals surface area (Å²) in [5.41, 5.74) is -3.28. The summed E-state index contributed by atoms with van der Waals surface area (Å²) in [4.78, 5) is 29.4. The molecule has 1 atom stereocenters. The number of hydrogen-bond donors (Lipinski definition) is 0. The number of amides is 2. The number of carbonyl (C=O) groups is 2. The van der Waals surface area contributed by atoms with Gasteiger partial charge in [0.05, 0.1) is 30.0 Å². The molecule has 40 heavy (non-hydrogen) atoms. The van der Waals surface area contributed by atoms with E-state index in [1.165, 1.54) is 11.2 Å². The highest BCUT2D eigenvalue weighted by atomic mass is 19.4. The first kappa shape index (κ1) is 29.2. The van der Waals surface area contributed by atoms with Crippen LogP contribution in [0.1, 0.15) is 45.7 Å². The molecule has 1 saturated heterocycles. The second-order valence-corrected chi connectivity index (χ2v) is 9.43. The molecule has 2 amide bonds. The summed E-state index contributed by atoms with van der Waals surface area (Å²) in [5, 5.41) is 0. The molecule has 0 spiro atoms. The molecule has 214 valence electrons. The molecule has 1 aliphatic heterocycles. The molecule has 0 bridgehead atoms. The Kier molecular flexibility index (Phi) is 8.87. The van der Waals surface area contributed by atoms with Crippen LogP contribution in [-0.4, -0.2) is 47.4 Å². The Morgan fingerprint density at radius 1 is 0.850 bits per heavy atom. The van der Waals surface area contributed by atoms with Crippen molar-refractivity contribution in [1.82, 2.24) is 9.80 Å². The first-order chi connectivity index (χ1) is 18.9. The van der Waals surface area contributed by atoms with E-state index in [-0.39, 0.29) is 25.7 Å². The van der Waals surface area contributed by atoms with Crippen LogP contribution in [0, 0.1) is 0 Å². The summed E-state index contributed by atoms with van der Waals surface area (Å²) in [6.45, 7) is -0.221. The lowest BCUT2D eigenvalue weighted by atomic mass is 10.0. The number of nitrogens with zero attached hydrogens (tertiary/aromatic N) is 2. The van der Waals surface area contributed by atoms with Crippen molar-refractivity contribution in [2.24, 2.45) is 0 Å². The second-order valence-electron chi connectivity index (χ2n) is 9.43. The Bertz CT molecular complexity index is 1250. The molecule has 0 aliphatic carbocycles. The van der Waals surface area contributed by atoms with Crippen LogP contribution in [-0.2, 0) is 35.0 Å². The van der Waals surface area contributed by atoms with E-state index in [4.69, 9.17) is 9.15 Å². The SMILES string of the molecule is O=C(CN(CC1CCCO1)C(=O)c1cc(C(F)(F)F)cc(C(F)(F)F)c1)N(Cc1ccccc1)Cc1ccco1. The Labute approximate surface area is 226 Å². The Morgan fingerprint density at radius 3 is 2.08 bits per heavy atom. The fraction of sp³-hybridized carbons (Fsp3) is 0.357. The number of benzene rings is 2. The van der Waals surface area contributed by atoms with Crippen LogP contribution < -0.4 is 0 Å². The lowest BCUT2D eigenvalue weighted by Crippen LogP contribution is -2.45. The van der Waals surface area contributed by atoms with Crippen molar-refractivity contribution < 1.29 is 45.1 Å². The summed E-state index contributed by atoms with van der Waals surface area (Å²) in [7, 11) is 0. The quantitative estimate of drug-likeness (QED) is 0.290. The van der Waals surface area contributed by atoms with Crippen molar-refractivity contribution in [1.29, 1.82) is 0 Å². The molecule has 4 rings (SSSR count). The van der Waals surface area contributed by atoms with Crippen LogP contribution in [0.4, 0.5) is 26.3 Å². The van der Waals surface area contributed by atoms with Crippen molar-refractivity contribution in [2.45, 2.75) is 44.4 Å². The number of halogens is 6. The minimum absolute atomic E-state index is 0.0322. The van der Waals surface area contributed by atoms with Crippen molar-refractivity contribution in [3.63, 3.8) is 0 Å². The van der Waals surface area contributed by atoms with Gasteiger partial charge in [-0.3, -0.25) is 9.59 Å². The molecule has 3 aromatic rings. The molecule has 0 radical (unpaired) electrons. The number of carbonyl (C=O) groups excluding carboxylic acids is 2. The van der Waals surface area contributed by atoms with Crippen LogP contribution >= 0.6 is 0 Å². The van der Waals surface area contributed by atoms with Gasteiger partial charge in [-0.25, -0.2) is 0 Å². The van der Waals surface area contributed by atoms with E-state index in [1.54, 1.807) is 42.5 Å². The molecule has 6 nitrogen and oxygen atoms in total. The van der Waals surface area contributed by atoms with Crippen LogP contribution in [0.25, 0.3) is 0 Å². The third-order valence-corrected chi connectivity index (χ3v) is 6.39. The van der Waals surface area contributed by atoms with Crippen LogP contribution in [0.5, 0.6) is 0 Å². The lowest BCUT2D eigenvalue weighted by molar-refractivity contribution is -0.143. The van der Waals surface area contributed by atoms with Crippen molar-refractivity contribution >= 4 is 11.8 Å². The molecule has 0 N–H and O–H groups in total. The molecule has 1 aliphatic rings. The third kappa shape index (κ3) is 7.65. The summed E-state index contributed by atoms with van der Waals surface area (Å²) >= 11 is 0. The van der Waals surface area contributed by atoms with Gasteiger partial charge in [0.25, 0.3) is 5.91 Å². The maximum atomic E-state index is 13.5. The van der Waals surface area contributed by atoms with Crippen LogP contribution in [0.2, 0.25) is 0 Å². The average molecular weight is 569 g/mol. The third-order valence-electron chi connectivity index (χ3n) is 6.39. The number of furan rings is 1. The Morgan fingerprint density at radius 2 is 1.52 bits per heavy atom. The fourth-order valence-electron chi connectivity index (χ4n) is 4.40. The average Bonchev–Trinajstić information content (AvgIpc) is 3.61. The van der Waals surface area contributed by atoms with E-state index in [0.717, 1.165) is 10.5 Å². The maximum Gasteiger partial charge on any atom is 0.416 e. The normalized spacial score (nSPS) is 15.7. The van der Waals surface area contributed by atoms with Crippen LogP contribution in [0.3, 0.4) is 0 Å². The zero-order valence-electron chi connectivity index (χ0n) is 21.2. The highest BCUT2D eigenvalue weighted by Gasteiger charge is 2.38. The number of rotatable bonds is 9. The van der Waals surface area contributed by atoms with E-state index in [0.29, 0.717) is 37.3 Å². The predicted octanol–water partition coefficient (Wildman–Crippen LogP) is 6.17. The van der Waals surface area contributed by atoms with Gasteiger partial charge in [0, 0.05) is 25.3 Å². The lowest BCUT2D eigenvalue weighted by Gasteiger charge is -2.29. The van der Waals surface area contributed by atoms with Gasteiger partial charge in [-0.05, 0) is 48.7 Å². The molecule has 0 saturated carbocycles. The van der Waals surface area contributed by atoms with Gasteiger partial charge in [0.1, 0.15) is 12.3 Å².